The molecule has 1 fully saturated rings. The molecule has 2 heterocycles. The zero-order valence-electron chi connectivity index (χ0n) is 17.2. The number of anilines is 1. The summed E-state index contributed by atoms with van der Waals surface area (Å²) in [5.41, 5.74) is 3.10. The highest BCUT2D eigenvalue weighted by Gasteiger charge is 2.32. The molecule has 0 saturated heterocycles. The molecule has 0 spiro atoms. The van der Waals surface area contributed by atoms with Crippen LogP contribution in [0.15, 0.2) is 48.5 Å². The maximum atomic E-state index is 13.6. The zero-order chi connectivity index (χ0) is 22.4. The summed E-state index contributed by atoms with van der Waals surface area (Å²) in [7, 11) is 0. The van der Waals surface area contributed by atoms with Gasteiger partial charge in [-0.1, -0.05) is 6.92 Å². The highest BCUT2D eigenvalue weighted by molar-refractivity contribution is 6.13. The molecule has 0 unspecified atom stereocenters. The number of hydrogen-bond donors (Lipinski definition) is 1. The Kier molecular flexibility index (Phi) is 4.92. The molecule has 5 nitrogen and oxygen atoms in total. The molecule has 0 radical (unpaired) electrons. The van der Waals surface area contributed by atoms with E-state index in [1.165, 1.54) is 18.2 Å². The number of amides is 1. The lowest BCUT2D eigenvalue weighted by atomic mass is 10.1. The van der Waals surface area contributed by atoms with Gasteiger partial charge in [-0.3, -0.25) is 4.79 Å². The number of aromatic nitrogens is 3. The number of nitrogens with zero attached hydrogens (tertiary/aromatic N) is 3. The molecule has 162 valence electrons. The van der Waals surface area contributed by atoms with E-state index >= 15 is 0 Å². The SMILES string of the molecule is CCc1cc(C(=O)Nc2ccc(F)c(F)c2)c2c(C3CC3)nn(-c3ccc(F)cc3)c2n1. The Bertz CT molecular complexity index is 1340. The Labute approximate surface area is 181 Å². The van der Waals surface area contributed by atoms with Crippen LogP contribution < -0.4 is 5.32 Å². The van der Waals surface area contributed by atoms with Crippen LogP contribution in [0.3, 0.4) is 0 Å². The van der Waals surface area contributed by atoms with Gasteiger partial charge in [-0.25, -0.2) is 22.8 Å². The van der Waals surface area contributed by atoms with Crippen molar-refractivity contribution in [2.75, 3.05) is 5.32 Å². The summed E-state index contributed by atoms with van der Waals surface area (Å²) in [6.07, 6.45) is 2.49. The van der Waals surface area contributed by atoms with Crippen molar-refractivity contribution in [1.82, 2.24) is 14.8 Å². The van der Waals surface area contributed by atoms with Gasteiger partial charge in [0.2, 0.25) is 0 Å². The predicted octanol–water partition coefficient (Wildman–Crippen LogP) is 5.53. The third-order valence-electron chi connectivity index (χ3n) is 5.54. The zero-order valence-corrected chi connectivity index (χ0v) is 17.2. The van der Waals surface area contributed by atoms with Crippen molar-refractivity contribution >= 4 is 22.6 Å². The lowest BCUT2D eigenvalue weighted by molar-refractivity contribution is 0.102. The third kappa shape index (κ3) is 3.62. The molecule has 2 aromatic carbocycles. The van der Waals surface area contributed by atoms with E-state index in [0.29, 0.717) is 34.4 Å². The topological polar surface area (TPSA) is 59.8 Å². The molecule has 0 atom stereocenters. The summed E-state index contributed by atoms with van der Waals surface area (Å²) in [5.74, 6) is -2.64. The number of fused-ring (bicyclic) bond motifs is 1. The number of halogens is 3. The maximum absolute atomic E-state index is 13.6. The number of carbonyl (C=O) groups is 1. The fourth-order valence-electron chi connectivity index (χ4n) is 3.73. The van der Waals surface area contributed by atoms with Crippen molar-refractivity contribution in [3.8, 4) is 5.69 Å². The molecule has 2 aromatic heterocycles. The van der Waals surface area contributed by atoms with E-state index in [1.54, 1.807) is 22.9 Å². The Morgan fingerprint density at radius 1 is 1.06 bits per heavy atom. The van der Waals surface area contributed by atoms with Crippen LogP contribution in [0.2, 0.25) is 0 Å². The number of rotatable bonds is 5. The highest BCUT2D eigenvalue weighted by Crippen LogP contribution is 2.43. The van der Waals surface area contributed by atoms with Crippen LogP contribution in [0.1, 0.15) is 47.4 Å². The van der Waals surface area contributed by atoms with Gasteiger partial charge in [0.15, 0.2) is 17.3 Å². The second kappa shape index (κ2) is 7.78. The second-order valence-corrected chi connectivity index (χ2v) is 7.84. The normalized spacial score (nSPS) is 13.5. The first-order chi connectivity index (χ1) is 15.4. The number of hydrogen-bond acceptors (Lipinski definition) is 3. The molecular weight excluding hydrogens is 417 g/mol. The molecule has 1 aliphatic rings. The first-order valence-electron chi connectivity index (χ1n) is 10.4. The van der Waals surface area contributed by atoms with Gasteiger partial charge in [0, 0.05) is 23.4 Å². The highest BCUT2D eigenvalue weighted by atomic mass is 19.2. The van der Waals surface area contributed by atoms with Gasteiger partial charge in [-0.15, -0.1) is 0 Å². The lowest BCUT2D eigenvalue weighted by Crippen LogP contribution is -2.14. The van der Waals surface area contributed by atoms with Crippen molar-refractivity contribution in [1.29, 1.82) is 0 Å². The standard InChI is InChI=1S/C24H19F3N4O/c1-2-15-11-18(24(32)29-16-7-10-19(26)20(27)12-16)21-22(13-3-4-13)30-31(23(21)28-15)17-8-5-14(25)6-9-17/h5-13H,2-4H2,1H3,(H,29,32). The minimum absolute atomic E-state index is 0.149. The lowest BCUT2D eigenvalue weighted by Gasteiger charge is -2.10. The van der Waals surface area contributed by atoms with Gasteiger partial charge in [0.05, 0.1) is 22.3 Å². The number of nitrogens with one attached hydrogen (secondary N) is 1. The first-order valence-corrected chi connectivity index (χ1v) is 10.4. The van der Waals surface area contributed by atoms with E-state index in [2.05, 4.69) is 5.32 Å². The summed E-state index contributed by atoms with van der Waals surface area (Å²) in [6, 6.07) is 10.8. The Morgan fingerprint density at radius 3 is 2.47 bits per heavy atom. The Morgan fingerprint density at radius 2 is 1.81 bits per heavy atom. The molecule has 0 bridgehead atoms. The van der Waals surface area contributed by atoms with Crippen molar-refractivity contribution in [2.45, 2.75) is 32.1 Å². The van der Waals surface area contributed by atoms with Crippen molar-refractivity contribution in [3.63, 3.8) is 0 Å². The number of benzene rings is 2. The summed E-state index contributed by atoms with van der Waals surface area (Å²) in [5, 5.41) is 8.02. The minimum Gasteiger partial charge on any atom is -0.322 e. The minimum atomic E-state index is -1.04. The summed E-state index contributed by atoms with van der Waals surface area (Å²) in [4.78, 5) is 18.0. The van der Waals surface area contributed by atoms with Gasteiger partial charge in [0.25, 0.3) is 5.91 Å². The molecule has 0 aliphatic heterocycles. The van der Waals surface area contributed by atoms with E-state index in [4.69, 9.17) is 10.1 Å². The molecule has 32 heavy (non-hydrogen) atoms. The average molecular weight is 436 g/mol. The molecule has 1 aliphatic carbocycles. The summed E-state index contributed by atoms with van der Waals surface area (Å²) < 4.78 is 42.0. The molecule has 1 amide bonds. The number of pyridine rings is 1. The molecule has 1 N–H and O–H groups in total. The monoisotopic (exact) mass is 436 g/mol. The van der Waals surface area contributed by atoms with E-state index in [1.807, 2.05) is 6.92 Å². The summed E-state index contributed by atoms with van der Waals surface area (Å²) in [6.45, 7) is 1.92. The molecule has 8 heteroatoms. The van der Waals surface area contributed by atoms with E-state index < -0.39 is 17.5 Å². The van der Waals surface area contributed by atoms with Gasteiger partial charge < -0.3 is 5.32 Å². The molecule has 1 saturated carbocycles. The van der Waals surface area contributed by atoms with Gasteiger partial charge in [0.1, 0.15) is 5.82 Å². The van der Waals surface area contributed by atoms with Gasteiger partial charge in [-0.05, 0) is 61.7 Å². The Hall–Kier alpha value is -3.68. The van der Waals surface area contributed by atoms with Gasteiger partial charge in [-0.2, -0.15) is 5.10 Å². The summed E-state index contributed by atoms with van der Waals surface area (Å²) >= 11 is 0. The predicted molar refractivity (Wildman–Crippen MR) is 114 cm³/mol. The second-order valence-electron chi connectivity index (χ2n) is 7.84. The van der Waals surface area contributed by atoms with Crippen LogP contribution >= 0.6 is 0 Å². The average Bonchev–Trinajstić information content (AvgIpc) is 3.56. The number of carbonyl (C=O) groups excluding carboxylic acids is 1. The molecular formula is C24H19F3N4O. The van der Waals surface area contributed by atoms with Crippen molar-refractivity contribution in [3.05, 3.63) is 82.9 Å². The first kappa shape index (κ1) is 20.2. The molecule has 5 rings (SSSR count). The van der Waals surface area contributed by atoms with E-state index in [0.717, 1.165) is 30.7 Å². The quantitative estimate of drug-likeness (QED) is 0.448. The smallest absolute Gasteiger partial charge is 0.256 e. The number of aryl methyl sites for hydroxylation is 1. The van der Waals surface area contributed by atoms with Crippen LogP contribution in [-0.2, 0) is 6.42 Å². The van der Waals surface area contributed by atoms with Crippen LogP contribution in [0.25, 0.3) is 16.7 Å². The van der Waals surface area contributed by atoms with Crippen LogP contribution in [0.5, 0.6) is 0 Å². The van der Waals surface area contributed by atoms with Crippen LogP contribution in [-0.4, -0.2) is 20.7 Å². The van der Waals surface area contributed by atoms with E-state index in [9.17, 15) is 18.0 Å². The van der Waals surface area contributed by atoms with Crippen LogP contribution in [0.4, 0.5) is 18.9 Å². The van der Waals surface area contributed by atoms with Gasteiger partial charge >= 0.3 is 0 Å². The largest absolute Gasteiger partial charge is 0.322 e. The maximum Gasteiger partial charge on any atom is 0.256 e. The van der Waals surface area contributed by atoms with Crippen molar-refractivity contribution in [2.24, 2.45) is 0 Å². The fourth-order valence-corrected chi connectivity index (χ4v) is 3.73. The van der Waals surface area contributed by atoms with Crippen molar-refractivity contribution < 1.29 is 18.0 Å². The Balaban J connectivity index is 1.67. The fraction of sp³-hybridized carbons (Fsp3) is 0.208. The third-order valence-corrected chi connectivity index (χ3v) is 5.54. The van der Waals surface area contributed by atoms with Crippen LogP contribution in [0, 0.1) is 17.5 Å². The molecule has 4 aromatic rings. The van der Waals surface area contributed by atoms with E-state index in [-0.39, 0.29) is 17.4 Å².